The van der Waals surface area contributed by atoms with Crippen molar-refractivity contribution in [3.8, 4) is 11.5 Å². The molecule has 10 heteroatoms. The number of thioether (sulfide) groups is 1. The van der Waals surface area contributed by atoms with E-state index in [1.807, 2.05) is 0 Å². The molecule has 0 bridgehead atoms. The number of nitrogens with zero attached hydrogens (tertiary/aromatic N) is 1. The Labute approximate surface area is 169 Å². The number of carbonyl (C=O) groups is 4. The summed E-state index contributed by atoms with van der Waals surface area (Å²) >= 11 is 0.758. The summed E-state index contributed by atoms with van der Waals surface area (Å²) in [5.74, 6) is -1.58. The highest BCUT2D eigenvalue weighted by atomic mass is 32.2. The van der Waals surface area contributed by atoms with Gasteiger partial charge in [0.2, 0.25) is 5.91 Å². The molecule has 0 aromatic heterocycles. The average Bonchev–Trinajstić information content (AvgIpc) is 3.00. The molecule has 0 saturated carbocycles. The Hall–Kier alpha value is -3.66. The zero-order chi connectivity index (χ0) is 20.8. The third-order valence-corrected chi connectivity index (χ3v) is 4.74. The quantitative estimate of drug-likeness (QED) is 0.284. The molecule has 0 aliphatic carbocycles. The smallest absolute Gasteiger partial charge is 0.312 e. The third-order valence-electron chi connectivity index (χ3n) is 3.76. The summed E-state index contributed by atoms with van der Waals surface area (Å²) in [5, 5.41) is 14.3. The first-order chi connectivity index (χ1) is 13.9. The zero-order valence-electron chi connectivity index (χ0n) is 14.8. The number of benzene rings is 2. The fourth-order valence-electron chi connectivity index (χ4n) is 2.37. The van der Waals surface area contributed by atoms with E-state index in [0.717, 1.165) is 11.8 Å². The van der Waals surface area contributed by atoms with Crippen LogP contribution in [-0.2, 0) is 9.59 Å². The molecule has 2 aromatic carbocycles. The molecule has 3 rings (SSSR count). The van der Waals surface area contributed by atoms with Crippen molar-refractivity contribution in [1.29, 1.82) is 0 Å². The molecular formula is C19H15N3O6S. The van der Waals surface area contributed by atoms with E-state index >= 15 is 0 Å². The van der Waals surface area contributed by atoms with Crippen molar-refractivity contribution < 1.29 is 29.0 Å². The maximum atomic E-state index is 11.9. The molecule has 3 amide bonds. The molecule has 29 heavy (non-hydrogen) atoms. The van der Waals surface area contributed by atoms with E-state index in [9.17, 15) is 24.3 Å². The number of hydrogen-bond acceptors (Lipinski definition) is 8. The molecule has 148 valence electrons. The standard InChI is InChI=1S/C19H15N3O6S/c23-14-4-2-1-3-13(14)17(25)22-20-10-11-5-7-12(8-6-11)28-16(24)9-15-18(26)21-19(27)29-15/h1-8,10,15,23H,9H2,(H,22,25)(H,21,26,27). The van der Waals surface area contributed by atoms with Crippen molar-refractivity contribution in [3.05, 3.63) is 59.7 Å². The van der Waals surface area contributed by atoms with E-state index < -0.39 is 28.3 Å². The van der Waals surface area contributed by atoms with Crippen molar-refractivity contribution in [2.24, 2.45) is 5.10 Å². The zero-order valence-corrected chi connectivity index (χ0v) is 15.6. The van der Waals surface area contributed by atoms with Gasteiger partial charge in [-0.25, -0.2) is 5.43 Å². The molecule has 1 aliphatic heterocycles. The highest BCUT2D eigenvalue weighted by molar-refractivity contribution is 8.15. The molecule has 9 nitrogen and oxygen atoms in total. The topological polar surface area (TPSA) is 134 Å². The van der Waals surface area contributed by atoms with Gasteiger partial charge in [-0.3, -0.25) is 24.5 Å². The van der Waals surface area contributed by atoms with Crippen LogP contribution in [0.25, 0.3) is 0 Å². The van der Waals surface area contributed by atoms with E-state index in [2.05, 4.69) is 15.8 Å². The van der Waals surface area contributed by atoms with Gasteiger partial charge in [-0.05, 0) is 42.0 Å². The third kappa shape index (κ3) is 5.42. The number of rotatable bonds is 6. The summed E-state index contributed by atoms with van der Waals surface area (Å²) in [4.78, 5) is 46.4. The number of ether oxygens (including phenoxy) is 1. The van der Waals surface area contributed by atoms with Crippen LogP contribution >= 0.6 is 11.8 Å². The number of carbonyl (C=O) groups excluding carboxylic acids is 4. The number of para-hydroxylation sites is 1. The second-order valence-corrected chi connectivity index (χ2v) is 7.02. The second kappa shape index (κ2) is 9.02. The second-order valence-electron chi connectivity index (χ2n) is 5.85. The first-order valence-electron chi connectivity index (χ1n) is 8.36. The number of imide groups is 1. The lowest BCUT2D eigenvalue weighted by Crippen LogP contribution is -2.27. The van der Waals surface area contributed by atoms with Crippen LogP contribution in [0.2, 0.25) is 0 Å². The van der Waals surface area contributed by atoms with Gasteiger partial charge in [-0.15, -0.1) is 0 Å². The van der Waals surface area contributed by atoms with E-state index in [4.69, 9.17) is 4.74 Å². The van der Waals surface area contributed by atoms with Gasteiger partial charge in [-0.2, -0.15) is 5.10 Å². The first-order valence-corrected chi connectivity index (χ1v) is 9.24. The fourth-order valence-corrected chi connectivity index (χ4v) is 3.17. The molecule has 0 radical (unpaired) electrons. The maximum Gasteiger partial charge on any atom is 0.312 e. The lowest BCUT2D eigenvalue weighted by molar-refractivity contribution is -0.135. The molecule has 1 aliphatic rings. The van der Waals surface area contributed by atoms with Gasteiger partial charge in [0.1, 0.15) is 16.7 Å². The van der Waals surface area contributed by atoms with Crippen LogP contribution in [0.1, 0.15) is 22.3 Å². The van der Waals surface area contributed by atoms with E-state index in [1.165, 1.54) is 30.5 Å². The average molecular weight is 413 g/mol. The summed E-state index contributed by atoms with van der Waals surface area (Å²) in [6, 6.07) is 12.4. The highest BCUT2D eigenvalue weighted by Gasteiger charge is 2.33. The fraction of sp³-hybridized carbons (Fsp3) is 0.105. The van der Waals surface area contributed by atoms with Crippen LogP contribution in [0.5, 0.6) is 11.5 Å². The SMILES string of the molecule is O=C(CC1SC(=O)NC1=O)Oc1ccc(C=NNC(=O)c2ccccc2O)cc1. The van der Waals surface area contributed by atoms with Crippen LogP contribution in [0.15, 0.2) is 53.6 Å². The molecule has 1 saturated heterocycles. The Kier molecular flexibility index (Phi) is 6.25. The Bertz CT molecular complexity index is 990. The number of nitrogens with one attached hydrogen (secondary N) is 2. The van der Waals surface area contributed by atoms with Crippen LogP contribution < -0.4 is 15.5 Å². The van der Waals surface area contributed by atoms with Crippen molar-refractivity contribution >= 4 is 41.0 Å². The van der Waals surface area contributed by atoms with Crippen molar-refractivity contribution in [2.75, 3.05) is 0 Å². The van der Waals surface area contributed by atoms with E-state index in [-0.39, 0.29) is 23.5 Å². The van der Waals surface area contributed by atoms with Gasteiger partial charge < -0.3 is 9.84 Å². The van der Waals surface area contributed by atoms with Gasteiger partial charge in [0.05, 0.1) is 18.2 Å². The van der Waals surface area contributed by atoms with E-state index in [0.29, 0.717) is 5.56 Å². The normalized spacial score (nSPS) is 15.9. The number of amides is 3. The number of hydrazone groups is 1. The molecular weight excluding hydrogens is 398 g/mol. The summed E-state index contributed by atoms with van der Waals surface area (Å²) in [5.41, 5.74) is 3.02. The lowest BCUT2D eigenvalue weighted by Gasteiger charge is -2.06. The number of aromatic hydroxyl groups is 1. The van der Waals surface area contributed by atoms with Gasteiger partial charge in [0.15, 0.2) is 0 Å². The van der Waals surface area contributed by atoms with Crippen LogP contribution in [0.4, 0.5) is 4.79 Å². The number of esters is 1. The molecule has 0 spiro atoms. The lowest BCUT2D eigenvalue weighted by atomic mass is 10.2. The van der Waals surface area contributed by atoms with Crippen molar-refractivity contribution in [1.82, 2.24) is 10.7 Å². The number of hydrogen-bond donors (Lipinski definition) is 3. The predicted octanol–water partition coefficient (Wildman–Crippen LogP) is 1.80. The molecule has 1 unspecified atom stereocenters. The van der Waals surface area contributed by atoms with Crippen molar-refractivity contribution in [3.63, 3.8) is 0 Å². The van der Waals surface area contributed by atoms with Gasteiger partial charge in [-0.1, -0.05) is 23.9 Å². The van der Waals surface area contributed by atoms with Gasteiger partial charge >= 0.3 is 5.97 Å². The molecule has 1 atom stereocenters. The summed E-state index contributed by atoms with van der Waals surface area (Å²) in [7, 11) is 0. The number of phenols is 1. The van der Waals surface area contributed by atoms with Crippen LogP contribution in [0, 0.1) is 0 Å². The summed E-state index contributed by atoms with van der Waals surface area (Å²) < 4.78 is 5.14. The first kappa shape index (κ1) is 20.1. The summed E-state index contributed by atoms with van der Waals surface area (Å²) in [6.07, 6.45) is 1.17. The minimum Gasteiger partial charge on any atom is -0.507 e. The Balaban J connectivity index is 1.51. The Morgan fingerprint density at radius 2 is 1.90 bits per heavy atom. The minimum atomic E-state index is -0.783. The van der Waals surface area contributed by atoms with Gasteiger partial charge in [0.25, 0.3) is 11.1 Å². The highest BCUT2D eigenvalue weighted by Crippen LogP contribution is 2.23. The number of phenolic OH excluding ortho intramolecular Hbond substituents is 1. The Morgan fingerprint density at radius 3 is 2.55 bits per heavy atom. The molecule has 1 heterocycles. The van der Waals surface area contributed by atoms with Crippen LogP contribution in [0.3, 0.4) is 0 Å². The largest absolute Gasteiger partial charge is 0.507 e. The minimum absolute atomic E-state index is 0.0997. The Morgan fingerprint density at radius 1 is 1.17 bits per heavy atom. The molecule has 3 N–H and O–H groups in total. The van der Waals surface area contributed by atoms with Crippen LogP contribution in [-0.4, -0.2) is 39.6 Å². The van der Waals surface area contributed by atoms with E-state index in [1.54, 1.807) is 24.3 Å². The predicted molar refractivity (Wildman–Crippen MR) is 105 cm³/mol. The summed E-state index contributed by atoms with van der Waals surface area (Å²) in [6.45, 7) is 0. The van der Waals surface area contributed by atoms with Gasteiger partial charge in [0, 0.05) is 0 Å². The monoisotopic (exact) mass is 413 g/mol. The van der Waals surface area contributed by atoms with Crippen molar-refractivity contribution in [2.45, 2.75) is 11.7 Å². The maximum absolute atomic E-state index is 11.9. The molecule has 1 fully saturated rings. The molecule has 2 aromatic rings.